The zero-order valence-corrected chi connectivity index (χ0v) is 12.5. The number of hydrogen-bond donors (Lipinski definition) is 1. The molecule has 0 unspecified atom stereocenters. The summed E-state index contributed by atoms with van der Waals surface area (Å²) >= 11 is 9.11. The molecule has 5 nitrogen and oxygen atoms in total. The molecule has 0 radical (unpaired) electrons. The van der Waals surface area contributed by atoms with Crippen LogP contribution in [0.4, 0.5) is 0 Å². The Kier molecular flexibility index (Phi) is 4.10. The molecule has 0 saturated carbocycles. The van der Waals surface area contributed by atoms with Crippen molar-refractivity contribution in [2.24, 2.45) is 5.14 Å². The fraction of sp³-hybridized carbons (Fsp3) is 0. The van der Waals surface area contributed by atoms with Crippen molar-refractivity contribution < 1.29 is 13.2 Å². The Bertz CT molecular complexity index is 704. The van der Waals surface area contributed by atoms with E-state index in [1.54, 1.807) is 18.2 Å². The highest BCUT2D eigenvalue weighted by Gasteiger charge is 2.09. The number of pyridine rings is 1. The SMILES string of the molecule is NS(=O)(=O)c1ccc(Oc2ccc(Cl)cc2Br)nc1. The maximum atomic E-state index is 11.1. The first kappa shape index (κ1) is 14.3. The molecule has 2 aromatic rings. The number of nitrogens with zero attached hydrogens (tertiary/aromatic N) is 1. The van der Waals surface area contributed by atoms with Gasteiger partial charge in [-0.1, -0.05) is 11.6 Å². The number of benzene rings is 1. The zero-order chi connectivity index (χ0) is 14.0. The third kappa shape index (κ3) is 3.66. The van der Waals surface area contributed by atoms with Crippen molar-refractivity contribution in [2.75, 3.05) is 0 Å². The van der Waals surface area contributed by atoms with Crippen LogP contribution < -0.4 is 9.88 Å². The normalized spacial score (nSPS) is 11.3. The Morgan fingerprint density at radius 1 is 1.26 bits per heavy atom. The van der Waals surface area contributed by atoms with Crippen molar-refractivity contribution in [3.63, 3.8) is 0 Å². The van der Waals surface area contributed by atoms with Crippen LogP contribution in [0.25, 0.3) is 0 Å². The predicted octanol–water partition coefficient (Wildman–Crippen LogP) is 2.94. The van der Waals surface area contributed by atoms with Gasteiger partial charge < -0.3 is 4.74 Å². The number of nitrogens with two attached hydrogens (primary N) is 1. The van der Waals surface area contributed by atoms with Crippen LogP contribution in [0.3, 0.4) is 0 Å². The molecule has 19 heavy (non-hydrogen) atoms. The van der Waals surface area contributed by atoms with Crippen molar-refractivity contribution in [1.82, 2.24) is 4.98 Å². The van der Waals surface area contributed by atoms with Gasteiger partial charge >= 0.3 is 0 Å². The molecule has 0 fully saturated rings. The standard InChI is InChI=1S/C11H8BrClN2O3S/c12-9-5-7(13)1-3-10(9)18-11-4-2-8(6-15-11)19(14,16)17/h1-6H,(H2,14,16,17). The number of primary sulfonamides is 1. The minimum Gasteiger partial charge on any atom is -0.438 e. The van der Waals surface area contributed by atoms with E-state index in [1.165, 1.54) is 12.1 Å². The average molecular weight is 364 g/mol. The molecule has 100 valence electrons. The maximum Gasteiger partial charge on any atom is 0.239 e. The third-order valence-electron chi connectivity index (χ3n) is 2.15. The largest absolute Gasteiger partial charge is 0.438 e. The summed E-state index contributed by atoms with van der Waals surface area (Å²) in [6, 6.07) is 7.75. The van der Waals surface area contributed by atoms with Crippen molar-refractivity contribution in [2.45, 2.75) is 4.90 Å². The van der Waals surface area contributed by atoms with Crippen LogP contribution in [-0.4, -0.2) is 13.4 Å². The average Bonchev–Trinajstić information content (AvgIpc) is 2.32. The highest BCUT2D eigenvalue weighted by molar-refractivity contribution is 9.10. The van der Waals surface area contributed by atoms with Gasteiger partial charge in [-0.15, -0.1) is 0 Å². The lowest BCUT2D eigenvalue weighted by molar-refractivity contribution is 0.459. The second-order valence-electron chi connectivity index (χ2n) is 3.55. The van der Waals surface area contributed by atoms with Gasteiger partial charge in [0.1, 0.15) is 10.6 Å². The first-order chi connectivity index (χ1) is 8.86. The van der Waals surface area contributed by atoms with Gasteiger partial charge in [0, 0.05) is 11.1 Å². The van der Waals surface area contributed by atoms with E-state index >= 15 is 0 Å². The molecular weight excluding hydrogens is 356 g/mol. The topological polar surface area (TPSA) is 82.3 Å². The van der Waals surface area contributed by atoms with E-state index in [1.807, 2.05) is 0 Å². The first-order valence-corrected chi connectivity index (χ1v) is 7.70. The third-order valence-corrected chi connectivity index (χ3v) is 3.90. The molecule has 2 rings (SSSR count). The molecule has 1 heterocycles. The van der Waals surface area contributed by atoms with Gasteiger partial charge in [-0.25, -0.2) is 18.5 Å². The second kappa shape index (κ2) is 5.46. The Morgan fingerprint density at radius 3 is 2.53 bits per heavy atom. The van der Waals surface area contributed by atoms with Crippen molar-refractivity contribution in [3.05, 3.63) is 46.0 Å². The van der Waals surface area contributed by atoms with Gasteiger partial charge in [0.2, 0.25) is 15.9 Å². The van der Waals surface area contributed by atoms with Crippen LogP contribution in [0.15, 0.2) is 45.9 Å². The number of halogens is 2. The van der Waals surface area contributed by atoms with Crippen LogP contribution in [0, 0.1) is 0 Å². The van der Waals surface area contributed by atoms with Crippen LogP contribution in [0.1, 0.15) is 0 Å². The fourth-order valence-electron chi connectivity index (χ4n) is 1.27. The van der Waals surface area contributed by atoms with Crippen LogP contribution in [0.2, 0.25) is 5.02 Å². The van der Waals surface area contributed by atoms with E-state index in [0.29, 0.717) is 15.2 Å². The lowest BCUT2D eigenvalue weighted by Gasteiger charge is -2.07. The minimum absolute atomic E-state index is 0.0741. The van der Waals surface area contributed by atoms with Gasteiger partial charge in [-0.05, 0) is 40.2 Å². The summed E-state index contributed by atoms with van der Waals surface area (Å²) in [6.07, 6.45) is 1.13. The van der Waals surface area contributed by atoms with Gasteiger partial charge in [0.25, 0.3) is 0 Å². The molecule has 0 aliphatic heterocycles. The van der Waals surface area contributed by atoms with E-state index in [2.05, 4.69) is 20.9 Å². The number of sulfonamides is 1. The lowest BCUT2D eigenvalue weighted by atomic mass is 10.3. The van der Waals surface area contributed by atoms with E-state index in [-0.39, 0.29) is 10.8 Å². The highest BCUT2D eigenvalue weighted by atomic mass is 79.9. The lowest BCUT2D eigenvalue weighted by Crippen LogP contribution is -2.12. The molecule has 0 amide bonds. The molecule has 0 bridgehead atoms. The quantitative estimate of drug-likeness (QED) is 0.909. The Morgan fingerprint density at radius 2 is 2.00 bits per heavy atom. The predicted molar refractivity (Wildman–Crippen MR) is 74.8 cm³/mol. The summed E-state index contributed by atoms with van der Waals surface area (Å²) in [5.74, 6) is 0.760. The number of aromatic nitrogens is 1. The van der Waals surface area contributed by atoms with Gasteiger partial charge in [-0.3, -0.25) is 0 Å². The molecule has 0 atom stereocenters. The minimum atomic E-state index is -3.75. The summed E-state index contributed by atoms with van der Waals surface area (Å²) in [5.41, 5.74) is 0. The molecule has 0 spiro atoms. The van der Waals surface area contributed by atoms with Crippen LogP contribution in [-0.2, 0) is 10.0 Å². The number of ether oxygens (including phenoxy) is 1. The van der Waals surface area contributed by atoms with Crippen molar-refractivity contribution >= 4 is 37.6 Å². The molecule has 0 saturated heterocycles. The van der Waals surface area contributed by atoms with E-state index in [0.717, 1.165) is 6.20 Å². The van der Waals surface area contributed by atoms with Crippen molar-refractivity contribution in [3.8, 4) is 11.6 Å². The van der Waals surface area contributed by atoms with E-state index < -0.39 is 10.0 Å². The second-order valence-corrected chi connectivity index (χ2v) is 6.41. The monoisotopic (exact) mass is 362 g/mol. The Labute approximate surface area is 123 Å². The van der Waals surface area contributed by atoms with Crippen LogP contribution >= 0.6 is 27.5 Å². The summed E-state index contributed by atoms with van der Waals surface area (Å²) in [5, 5.41) is 5.54. The van der Waals surface area contributed by atoms with Gasteiger partial charge in [0.15, 0.2) is 0 Å². The number of rotatable bonds is 3. The highest BCUT2D eigenvalue weighted by Crippen LogP contribution is 2.31. The number of hydrogen-bond acceptors (Lipinski definition) is 4. The fourth-order valence-corrected chi connectivity index (χ4v) is 2.49. The molecule has 8 heteroatoms. The zero-order valence-electron chi connectivity index (χ0n) is 9.38. The molecular formula is C11H8BrClN2O3S. The molecule has 2 N–H and O–H groups in total. The molecule has 1 aromatic carbocycles. The smallest absolute Gasteiger partial charge is 0.239 e. The Balaban J connectivity index is 2.25. The molecule has 0 aliphatic carbocycles. The summed E-state index contributed by atoms with van der Waals surface area (Å²) in [7, 11) is -3.75. The van der Waals surface area contributed by atoms with Crippen molar-refractivity contribution in [1.29, 1.82) is 0 Å². The summed E-state index contributed by atoms with van der Waals surface area (Å²) < 4.78 is 28.3. The van der Waals surface area contributed by atoms with E-state index in [9.17, 15) is 8.42 Å². The summed E-state index contributed by atoms with van der Waals surface area (Å²) in [4.78, 5) is 3.79. The first-order valence-electron chi connectivity index (χ1n) is 4.98. The van der Waals surface area contributed by atoms with E-state index in [4.69, 9.17) is 21.5 Å². The molecule has 1 aromatic heterocycles. The molecule has 0 aliphatic rings. The maximum absolute atomic E-state index is 11.1. The summed E-state index contributed by atoms with van der Waals surface area (Å²) in [6.45, 7) is 0. The van der Waals surface area contributed by atoms with Gasteiger partial charge in [-0.2, -0.15) is 0 Å². The van der Waals surface area contributed by atoms with Gasteiger partial charge in [0.05, 0.1) is 10.7 Å². The Hall–Kier alpha value is -1.15. The van der Waals surface area contributed by atoms with Crippen LogP contribution in [0.5, 0.6) is 11.6 Å².